The molecule has 0 aromatic carbocycles. The molecule has 0 aliphatic carbocycles. The lowest BCUT2D eigenvalue weighted by Crippen LogP contribution is -2.25. The fourth-order valence-electron chi connectivity index (χ4n) is 2.30. The van der Waals surface area contributed by atoms with Crippen LogP contribution in [-0.4, -0.2) is 24.1 Å². The molecular formula is C18H34O4. The van der Waals surface area contributed by atoms with Gasteiger partial charge >= 0.3 is 11.9 Å². The summed E-state index contributed by atoms with van der Waals surface area (Å²) in [5, 5.41) is 0. The van der Waals surface area contributed by atoms with Crippen molar-refractivity contribution in [3.63, 3.8) is 0 Å². The Balaban J connectivity index is 4.39. The number of ether oxygens (including phenoxy) is 2. The summed E-state index contributed by atoms with van der Waals surface area (Å²) in [6.07, 6.45) is 5.19. The van der Waals surface area contributed by atoms with Gasteiger partial charge in [-0.2, -0.15) is 0 Å². The Bertz CT molecular complexity index is 332. The predicted molar refractivity (Wildman–Crippen MR) is 88.6 cm³/mol. The van der Waals surface area contributed by atoms with Crippen LogP contribution in [0.25, 0.3) is 0 Å². The molecule has 0 aromatic heterocycles. The Labute approximate surface area is 135 Å². The molecule has 0 aliphatic heterocycles. The van der Waals surface area contributed by atoms with E-state index in [9.17, 15) is 9.59 Å². The van der Waals surface area contributed by atoms with Crippen LogP contribution < -0.4 is 0 Å². The van der Waals surface area contributed by atoms with Crippen LogP contribution in [0, 0.1) is 5.41 Å². The highest BCUT2D eigenvalue weighted by Gasteiger charge is 2.21. The van der Waals surface area contributed by atoms with Gasteiger partial charge in [0.15, 0.2) is 0 Å². The summed E-state index contributed by atoms with van der Waals surface area (Å²) in [5.74, 6) is -0.607. The molecule has 0 bridgehead atoms. The van der Waals surface area contributed by atoms with Crippen molar-refractivity contribution in [2.24, 2.45) is 5.41 Å². The third-order valence-corrected chi connectivity index (χ3v) is 4.27. The maximum Gasteiger partial charge on any atom is 0.309 e. The van der Waals surface area contributed by atoms with Gasteiger partial charge in [0.2, 0.25) is 0 Å². The lowest BCUT2D eigenvalue weighted by molar-refractivity contribution is -0.157. The van der Waals surface area contributed by atoms with Crippen molar-refractivity contribution in [2.75, 3.05) is 0 Å². The van der Waals surface area contributed by atoms with Gasteiger partial charge in [0, 0.05) is 6.92 Å². The van der Waals surface area contributed by atoms with Gasteiger partial charge in [-0.05, 0) is 37.5 Å². The second kappa shape index (κ2) is 10.6. The Morgan fingerprint density at radius 1 is 1.00 bits per heavy atom. The van der Waals surface area contributed by atoms with E-state index >= 15 is 0 Å². The second-order valence-corrected chi connectivity index (χ2v) is 6.77. The van der Waals surface area contributed by atoms with Crippen molar-refractivity contribution in [3.8, 4) is 0 Å². The quantitative estimate of drug-likeness (QED) is 0.521. The van der Waals surface area contributed by atoms with Crippen LogP contribution in [0.3, 0.4) is 0 Å². The summed E-state index contributed by atoms with van der Waals surface area (Å²) in [7, 11) is 0. The van der Waals surface area contributed by atoms with Gasteiger partial charge in [0.05, 0.1) is 6.42 Å². The average molecular weight is 314 g/mol. The number of esters is 2. The van der Waals surface area contributed by atoms with E-state index in [4.69, 9.17) is 9.47 Å². The van der Waals surface area contributed by atoms with E-state index in [1.165, 1.54) is 6.92 Å². The Morgan fingerprint density at radius 3 is 2.05 bits per heavy atom. The van der Waals surface area contributed by atoms with Crippen molar-refractivity contribution < 1.29 is 19.1 Å². The smallest absolute Gasteiger partial charge is 0.309 e. The molecule has 0 saturated heterocycles. The van der Waals surface area contributed by atoms with Crippen LogP contribution in [0.15, 0.2) is 0 Å². The zero-order chi connectivity index (χ0) is 17.2. The first-order valence-electron chi connectivity index (χ1n) is 8.60. The topological polar surface area (TPSA) is 52.6 Å². The summed E-state index contributed by atoms with van der Waals surface area (Å²) in [4.78, 5) is 23.2. The number of rotatable bonds is 11. The predicted octanol–water partition coefficient (Wildman–Crippen LogP) is 4.65. The van der Waals surface area contributed by atoms with Crippen LogP contribution in [0.1, 0.15) is 86.5 Å². The molecular weight excluding hydrogens is 280 g/mol. The molecule has 0 radical (unpaired) electrons. The summed E-state index contributed by atoms with van der Waals surface area (Å²) in [6.45, 7) is 12.0. The van der Waals surface area contributed by atoms with Crippen molar-refractivity contribution >= 4 is 11.9 Å². The van der Waals surface area contributed by atoms with Crippen molar-refractivity contribution in [1.82, 2.24) is 0 Å². The van der Waals surface area contributed by atoms with Crippen molar-refractivity contribution in [3.05, 3.63) is 0 Å². The third-order valence-electron chi connectivity index (χ3n) is 4.27. The molecule has 0 N–H and O–H groups in total. The molecule has 4 heteroatoms. The Kier molecular flexibility index (Phi) is 10.1. The van der Waals surface area contributed by atoms with Gasteiger partial charge in [-0.3, -0.25) is 9.59 Å². The first-order chi connectivity index (χ1) is 10.2. The number of carbonyl (C=O) groups is 2. The van der Waals surface area contributed by atoms with Gasteiger partial charge in [-0.25, -0.2) is 0 Å². The summed E-state index contributed by atoms with van der Waals surface area (Å²) in [6, 6.07) is 0. The average Bonchev–Trinajstić information content (AvgIpc) is 2.43. The van der Waals surface area contributed by atoms with E-state index in [0.717, 1.165) is 32.1 Å². The molecule has 4 nitrogen and oxygen atoms in total. The van der Waals surface area contributed by atoms with Gasteiger partial charge in [-0.1, -0.05) is 41.0 Å². The summed E-state index contributed by atoms with van der Waals surface area (Å²) < 4.78 is 10.7. The Morgan fingerprint density at radius 2 is 1.59 bits per heavy atom. The zero-order valence-electron chi connectivity index (χ0n) is 15.2. The fraction of sp³-hybridized carbons (Fsp3) is 0.889. The van der Waals surface area contributed by atoms with Gasteiger partial charge in [0.1, 0.15) is 12.2 Å². The number of hydrogen-bond donors (Lipinski definition) is 0. The van der Waals surface area contributed by atoms with E-state index in [2.05, 4.69) is 20.8 Å². The standard InChI is InChI=1S/C18H34O4/c1-7-15(8-2)22-17(20)13-16(21-14(4)19)11-10-12-18(5,6)9-3/h15-16H,7-13H2,1-6H3. The molecule has 0 saturated carbocycles. The van der Waals surface area contributed by atoms with Crippen LogP contribution in [-0.2, 0) is 19.1 Å². The van der Waals surface area contributed by atoms with Crippen molar-refractivity contribution in [2.45, 2.75) is 98.7 Å². The molecule has 22 heavy (non-hydrogen) atoms. The SMILES string of the molecule is CCC(CC)OC(=O)CC(CCCC(C)(C)CC)OC(C)=O. The van der Waals surface area contributed by atoms with Crippen LogP contribution in [0.4, 0.5) is 0 Å². The first kappa shape index (κ1) is 20.9. The van der Waals surface area contributed by atoms with E-state index in [0.29, 0.717) is 6.42 Å². The van der Waals surface area contributed by atoms with Crippen LogP contribution in [0.2, 0.25) is 0 Å². The minimum absolute atomic E-state index is 0.0375. The van der Waals surface area contributed by atoms with E-state index < -0.39 is 0 Å². The van der Waals surface area contributed by atoms with Gasteiger partial charge < -0.3 is 9.47 Å². The molecule has 0 fully saturated rings. The minimum Gasteiger partial charge on any atom is -0.462 e. The van der Waals surface area contributed by atoms with E-state index in [1.54, 1.807) is 0 Å². The van der Waals surface area contributed by atoms with Crippen molar-refractivity contribution in [1.29, 1.82) is 0 Å². The summed E-state index contributed by atoms with van der Waals surface area (Å²) in [5.41, 5.74) is 0.288. The molecule has 0 aromatic rings. The number of carbonyl (C=O) groups excluding carboxylic acids is 2. The largest absolute Gasteiger partial charge is 0.462 e. The molecule has 1 atom stereocenters. The highest BCUT2D eigenvalue weighted by atomic mass is 16.6. The van der Waals surface area contributed by atoms with E-state index in [1.807, 2.05) is 13.8 Å². The third kappa shape index (κ3) is 9.80. The molecule has 0 amide bonds. The van der Waals surface area contributed by atoms with Gasteiger partial charge in [-0.15, -0.1) is 0 Å². The van der Waals surface area contributed by atoms with Crippen LogP contribution in [0.5, 0.6) is 0 Å². The zero-order valence-corrected chi connectivity index (χ0v) is 15.2. The van der Waals surface area contributed by atoms with E-state index in [-0.39, 0.29) is 36.0 Å². The molecule has 0 rings (SSSR count). The fourth-order valence-corrected chi connectivity index (χ4v) is 2.30. The highest BCUT2D eigenvalue weighted by molar-refractivity contribution is 5.71. The lowest BCUT2D eigenvalue weighted by atomic mass is 9.84. The van der Waals surface area contributed by atoms with Crippen LogP contribution >= 0.6 is 0 Å². The minimum atomic E-state index is -0.369. The van der Waals surface area contributed by atoms with Gasteiger partial charge in [0.25, 0.3) is 0 Å². The normalized spacial score (nSPS) is 13.0. The lowest BCUT2D eigenvalue weighted by Gasteiger charge is -2.24. The first-order valence-corrected chi connectivity index (χ1v) is 8.60. The second-order valence-electron chi connectivity index (χ2n) is 6.77. The molecule has 0 spiro atoms. The molecule has 0 heterocycles. The summed E-state index contributed by atoms with van der Waals surface area (Å²) >= 11 is 0. The molecule has 130 valence electrons. The maximum absolute atomic E-state index is 12.0. The maximum atomic E-state index is 12.0. The molecule has 1 unspecified atom stereocenters. The Hall–Kier alpha value is -1.06. The number of hydrogen-bond acceptors (Lipinski definition) is 4. The highest BCUT2D eigenvalue weighted by Crippen LogP contribution is 2.27. The monoisotopic (exact) mass is 314 g/mol. The molecule has 0 aliphatic rings.